The SMILES string of the molecule is CCNCC(=O)NCC1(C)CCOCC1. The Morgan fingerprint density at radius 2 is 2.07 bits per heavy atom. The summed E-state index contributed by atoms with van der Waals surface area (Å²) >= 11 is 0. The van der Waals surface area contributed by atoms with Gasteiger partial charge in [-0.15, -0.1) is 0 Å². The summed E-state index contributed by atoms with van der Waals surface area (Å²) in [5, 5.41) is 5.98. The lowest BCUT2D eigenvalue weighted by Crippen LogP contribution is -2.42. The summed E-state index contributed by atoms with van der Waals surface area (Å²) in [4.78, 5) is 11.4. The first-order valence-corrected chi connectivity index (χ1v) is 5.71. The van der Waals surface area contributed by atoms with E-state index in [9.17, 15) is 4.79 Å². The van der Waals surface area contributed by atoms with Crippen molar-refractivity contribution in [1.29, 1.82) is 0 Å². The molecule has 15 heavy (non-hydrogen) atoms. The molecule has 1 aliphatic heterocycles. The van der Waals surface area contributed by atoms with Crippen molar-refractivity contribution in [1.82, 2.24) is 10.6 Å². The zero-order valence-corrected chi connectivity index (χ0v) is 9.77. The summed E-state index contributed by atoms with van der Waals surface area (Å²) in [6, 6.07) is 0. The molecule has 4 nitrogen and oxygen atoms in total. The smallest absolute Gasteiger partial charge is 0.233 e. The second-order valence-electron chi connectivity index (χ2n) is 4.48. The first-order valence-electron chi connectivity index (χ1n) is 5.71. The summed E-state index contributed by atoms with van der Waals surface area (Å²) in [6.07, 6.45) is 2.07. The molecular weight excluding hydrogens is 192 g/mol. The Bertz CT molecular complexity index is 201. The summed E-state index contributed by atoms with van der Waals surface area (Å²) in [5.41, 5.74) is 0.222. The third-order valence-corrected chi connectivity index (χ3v) is 2.95. The van der Waals surface area contributed by atoms with Gasteiger partial charge in [-0.3, -0.25) is 4.79 Å². The minimum atomic E-state index is 0.0876. The number of rotatable bonds is 5. The van der Waals surface area contributed by atoms with Gasteiger partial charge in [0.25, 0.3) is 0 Å². The van der Waals surface area contributed by atoms with Crippen LogP contribution < -0.4 is 10.6 Å². The first-order chi connectivity index (χ1) is 7.16. The minimum absolute atomic E-state index is 0.0876. The number of amides is 1. The van der Waals surface area contributed by atoms with E-state index in [0.717, 1.165) is 39.1 Å². The molecule has 0 aromatic carbocycles. The highest BCUT2D eigenvalue weighted by Crippen LogP contribution is 2.28. The monoisotopic (exact) mass is 214 g/mol. The average molecular weight is 214 g/mol. The van der Waals surface area contributed by atoms with Crippen LogP contribution in [0, 0.1) is 5.41 Å². The predicted molar refractivity (Wildman–Crippen MR) is 59.7 cm³/mol. The normalized spacial score (nSPS) is 19.9. The molecule has 0 aromatic heterocycles. The highest BCUT2D eigenvalue weighted by atomic mass is 16.5. The van der Waals surface area contributed by atoms with Gasteiger partial charge >= 0.3 is 0 Å². The van der Waals surface area contributed by atoms with Gasteiger partial charge in [0.15, 0.2) is 0 Å². The van der Waals surface area contributed by atoms with Crippen molar-refractivity contribution < 1.29 is 9.53 Å². The molecule has 0 aromatic rings. The van der Waals surface area contributed by atoms with Crippen molar-refractivity contribution in [2.24, 2.45) is 5.41 Å². The van der Waals surface area contributed by atoms with E-state index < -0.39 is 0 Å². The highest BCUT2D eigenvalue weighted by molar-refractivity contribution is 5.77. The predicted octanol–water partition coefficient (Wildman–Crippen LogP) is 0.529. The molecular formula is C11H22N2O2. The molecule has 88 valence electrons. The van der Waals surface area contributed by atoms with Crippen LogP contribution in [0.25, 0.3) is 0 Å². The molecule has 1 saturated heterocycles. The van der Waals surface area contributed by atoms with Crippen LogP contribution in [-0.4, -0.2) is 38.8 Å². The Balaban J connectivity index is 2.19. The average Bonchev–Trinajstić information content (AvgIpc) is 2.25. The Morgan fingerprint density at radius 1 is 1.40 bits per heavy atom. The number of carbonyl (C=O) groups excluding carboxylic acids is 1. The van der Waals surface area contributed by atoms with Crippen LogP contribution >= 0.6 is 0 Å². The third kappa shape index (κ3) is 4.62. The van der Waals surface area contributed by atoms with Gasteiger partial charge in [0.1, 0.15) is 0 Å². The molecule has 0 unspecified atom stereocenters. The Hall–Kier alpha value is -0.610. The van der Waals surface area contributed by atoms with Gasteiger partial charge in [-0.05, 0) is 24.8 Å². The molecule has 1 aliphatic rings. The summed E-state index contributed by atoms with van der Waals surface area (Å²) < 4.78 is 5.31. The lowest BCUT2D eigenvalue weighted by atomic mass is 9.82. The molecule has 0 radical (unpaired) electrons. The van der Waals surface area contributed by atoms with Crippen LogP contribution in [0.15, 0.2) is 0 Å². The quantitative estimate of drug-likeness (QED) is 0.702. The fourth-order valence-corrected chi connectivity index (χ4v) is 1.65. The van der Waals surface area contributed by atoms with E-state index in [0.29, 0.717) is 6.54 Å². The van der Waals surface area contributed by atoms with Gasteiger partial charge in [-0.1, -0.05) is 13.8 Å². The van der Waals surface area contributed by atoms with Crippen LogP contribution in [0.2, 0.25) is 0 Å². The fourth-order valence-electron chi connectivity index (χ4n) is 1.65. The Kier molecular flexibility index (Phi) is 5.05. The van der Waals surface area contributed by atoms with Crippen LogP contribution in [0.3, 0.4) is 0 Å². The summed E-state index contributed by atoms with van der Waals surface area (Å²) in [6.45, 7) is 7.86. The third-order valence-electron chi connectivity index (χ3n) is 2.95. The van der Waals surface area contributed by atoms with Gasteiger partial charge in [-0.25, -0.2) is 0 Å². The van der Waals surface area contributed by atoms with E-state index in [2.05, 4.69) is 17.6 Å². The van der Waals surface area contributed by atoms with Crippen molar-refractivity contribution in [3.05, 3.63) is 0 Å². The topological polar surface area (TPSA) is 50.4 Å². The van der Waals surface area contributed by atoms with Crippen molar-refractivity contribution >= 4 is 5.91 Å². The summed E-state index contributed by atoms with van der Waals surface area (Å²) in [7, 11) is 0. The van der Waals surface area contributed by atoms with E-state index in [-0.39, 0.29) is 11.3 Å². The van der Waals surface area contributed by atoms with E-state index >= 15 is 0 Å². The van der Waals surface area contributed by atoms with Crippen LogP contribution in [0.4, 0.5) is 0 Å². The molecule has 0 spiro atoms. The maximum Gasteiger partial charge on any atom is 0.233 e. The van der Waals surface area contributed by atoms with Crippen LogP contribution in [0.5, 0.6) is 0 Å². The lowest BCUT2D eigenvalue weighted by Gasteiger charge is -2.33. The van der Waals surface area contributed by atoms with E-state index in [1.54, 1.807) is 0 Å². The van der Waals surface area contributed by atoms with Gasteiger partial charge in [-0.2, -0.15) is 0 Å². The molecule has 1 rings (SSSR count). The zero-order chi connectivity index (χ0) is 11.1. The maximum atomic E-state index is 11.4. The standard InChI is InChI=1S/C11H22N2O2/c1-3-12-8-10(14)13-9-11(2)4-6-15-7-5-11/h12H,3-9H2,1-2H3,(H,13,14). The van der Waals surface area contributed by atoms with Crippen molar-refractivity contribution in [3.63, 3.8) is 0 Å². The lowest BCUT2D eigenvalue weighted by molar-refractivity contribution is -0.121. The number of nitrogens with one attached hydrogen (secondary N) is 2. The van der Waals surface area contributed by atoms with Gasteiger partial charge in [0, 0.05) is 19.8 Å². The number of likely N-dealkylation sites (N-methyl/N-ethyl adjacent to an activating group) is 1. The van der Waals surface area contributed by atoms with Gasteiger partial charge < -0.3 is 15.4 Å². The molecule has 1 heterocycles. The minimum Gasteiger partial charge on any atom is -0.381 e. The largest absolute Gasteiger partial charge is 0.381 e. The second kappa shape index (κ2) is 6.08. The zero-order valence-electron chi connectivity index (χ0n) is 9.77. The molecule has 1 fully saturated rings. The van der Waals surface area contributed by atoms with Crippen molar-refractivity contribution in [2.45, 2.75) is 26.7 Å². The molecule has 1 amide bonds. The van der Waals surface area contributed by atoms with Crippen LogP contribution in [-0.2, 0) is 9.53 Å². The van der Waals surface area contributed by atoms with Crippen LogP contribution in [0.1, 0.15) is 26.7 Å². The molecule has 0 aliphatic carbocycles. The highest BCUT2D eigenvalue weighted by Gasteiger charge is 2.27. The Labute approximate surface area is 91.8 Å². The number of hydrogen-bond acceptors (Lipinski definition) is 3. The fraction of sp³-hybridized carbons (Fsp3) is 0.909. The second-order valence-corrected chi connectivity index (χ2v) is 4.48. The number of hydrogen-bond donors (Lipinski definition) is 2. The maximum absolute atomic E-state index is 11.4. The van der Waals surface area contributed by atoms with E-state index in [1.807, 2.05) is 6.92 Å². The van der Waals surface area contributed by atoms with E-state index in [4.69, 9.17) is 4.74 Å². The van der Waals surface area contributed by atoms with Crippen molar-refractivity contribution in [2.75, 3.05) is 32.8 Å². The molecule has 0 atom stereocenters. The molecule has 4 heteroatoms. The molecule has 0 saturated carbocycles. The molecule has 0 bridgehead atoms. The van der Waals surface area contributed by atoms with Gasteiger partial charge in [0.05, 0.1) is 6.54 Å². The van der Waals surface area contributed by atoms with Gasteiger partial charge in [0.2, 0.25) is 5.91 Å². The van der Waals surface area contributed by atoms with Crippen molar-refractivity contribution in [3.8, 4) is 0 Å². The Morgan fingerprint density at radius 3 is 2.67 bits per heavy atom. The molecule has 2 N–H and O–H groups in total. The summed E-state index contributed by atoms with van der Waals surface area (Å²) in [5.74, 6) is 0.0876. The van der Waals surface area contributed by atoms with E-state index in [1.165, 1.54) is 0 Å². The number of carbonyl (C=O) groups is 1. The number of ether oxygens (including phenoxy) is 1. The first kappa shape index (κ1) is 12.5.